The number of urea groups is 1. The van der Waals surface area contributed by atoms with E-state index in [0.717, 1.165) is 18.7 Å². The van der Waals surface area contributed by atoms with E-state index in [-0.39, 0.29) is 12.6 Å². The van der Waals surface area contributed by atoms with E-state index in [1.54, 1.807) is 6.92 Å². The second-order valence-corrected chi connectivity index (χ2v) is 4.99. The minimum absolute atomic E-state index is 0.130. The Labute approximate surface area is 125 Å². The summed E-state index contributed by atoms with van der Waals surface area (Å²) in [5, 5.41) is 14.0. The van der Waals surface area contributed by atoms with E-state index >= 15 is 0 Å². The molecule has 116 valence electrons. The Bertz CT molecular complexity index is 451. The Kier molecular flexibility index (Phi) is 7.08. The molecule has 0 bridgehead atoms. The average molecular weight is 293 g/mol. The number of nitrogens with one attached hydrogen (secondary N) is 2. The summed E-state index contributed by atoms with van der Waals surface area (Å²) >= 11 is 0. The molecular weight excluding hydrogens is 270 g/mol. The van der Waals surface area contributed by atoms with Gasteiger partial charge in [-0.1, -0.05) is 25.1 Å². The molecule has 3 N–H and O–H groups in total. The lowest BCUT2D eigenvalue weighted by Crippen LogP contribution is -2.40. The summed E-state index contributed by atoms with van der Waals surface area (Å²) in [6.45, 7) is 3.06. The molecule has 1 atom stereocenters. The number of anilines is 1. The van der Waals surface area contributed by atoms with E-state index in [4.69, 9.17) is 5.11 Å². The van der Waals surface area contributed by atoms with Gasteiger partial charge in [-0.2, -0.15) is 0 Å². The molecule has 6 nitrogen and oxygen atoms in total. The van der Waals surface area contributed by atoms with Gasteiger partial charge in [0.25, 0.3) is 0 Å². The minimum Gasteiger partial charge on any atom is -0.481 e. The highest BCUT2D eigenvalue weighted by molar-refractivity contribution is 5.75. The molecule has 1 aromatic carbocycles. The first-order valence-electron chi connectivity index (χ1n) is 7.01. The molecule has 1 rings (SSSR count). The van der Waals surface area contributed by atoms with E-state index in [0.29, 0.717) is 6.54 Å². The van der Waals surface area contributed by atoms with Gasteiger partial charge < -0.3 is 20.6 Å². The quantitative estimate of drug-likeness (QED) is 0.635. The number of aliphatic carboxylic acids is 1. The molecule has 0 saturated heterocycles. The predicted molar refractivity (Wildman–Crippen MR) is 82.5 cm³/mol. The Morgan fingerprint density at radius 1 is 1.24 bits per heavy atom. The highest BCUT2D eigenvalue weighted by Crippen LogP contribution is 2.10. The third-order valence-electron chi connectivity index (χ3n) is 3.14. The van der Waals surface area contributed by atoms with E-state index in [1.807, 2.05) is 37.4 Å². The van der Waals surface area contributed by atoms with Crippen molar-refractivity contribution in [2.45, 2.75) is 13.3 Å². The standard InChI is InChI=1S/C15H23N3O3/c1-12(14(19)20)11-17-15(21)16-9-6-10-18(2)13-7-4-3-5-8-13/h3-5,7-8,12H,6,9-11H2,1-2H3,(H,19,20)(H2,16,17,21). The predicted octanol–water partition coefficient (Wildman–Crippen LogP) is 1.53. The number of carboxylic acids is 1. The van der Waals surface area contributed by atoms with Crippen molar-refractivity contribution in [3.63, 3.8) is 0 Å². The monoisotopic (exact) mass is 293 g/mol. The summed E-state index contributed by atoms with van der Waals surface area (Å²) in [6.07, 6.45) is 0.813. The van der Waals surface area contributed by atoms with E-state index < -0.39 is 11.9 Å². The normalized spacial score (nSPS) is 11.5. The van der Waals surface area contributed by atoms with Crippen LogP contribution in [0.5, 0.6) is 0 Å². The second-order valence-electron chi connectivity index (χ2n) is 4.99. The number of nitrogens with zero attached hydrogens (tertiary/aromatic N) is 1. The van der Waals surface area contributed by atoms with Crippen LogP contribution in [0.4, 0.5) is 10.5 Å². The first-order chi connectivity index (χ1) is 10.0. The summed E-state index contributed by atoms with van der Waals surface area (Å²) in [5.41, 5.74) is 1.14. The molecule has 0 heterocycles. The summed E-state index contributed by atoms with van der Waals surface area (Å²) in [6, 6.07) is 9.69. The molecule has 0 saturated carbocycles. The fourth-order valence-electron chi connectivity index (χ4n) is 1.73. The van der Waals surface area contributed by atoms with Crippen LogP contribution < -0.4 is 15.5 Å². The number of hydrogen-bond donors (Lipinski definition) is 3. The van der Waals surface area contributed by atoms with E-state index in [2.05, 4.69) is 15.5 Å². The average Bonchev–Trinajstić information content (AvgIpc) is 2.49. The number of benzene rings is 1. The summed E-state index contributed by atoms with van der Waals surface area (Å²) in [5.74, 6) is -1.50. The molecule has 0 aromatic heterocycles. The molecule has 1 aromatic rings. The van der Waals surface area contributed by atoms with Gasteiger partial charge in [0.15, 0.2) is 0 Å². The molecule has 1 unspecified atom stereocenters. The number of hydrogen-bond acceptors (Lipinski definition) is 3. The van der Waals surface area contributed by atoms with Crippen LogP contribution in [0, 0.1) is 5.92 Å². The summed E-state index contributed by atoms with van der Waals surface area (Å²) in [4.78, 5) is 24.2. The number of amides is 2. The molecule has 0 spiro atoms. The smallest absolute Gasteiger partial charge is 0.314 e. The molecule has 0 radical (unpaired) electrons. The van der Waals surface area contributed by atoms with Crippen molar-refractivity contribution in [1.82, 2.24) is 10.6 Å². The van der Waals surface area contributed by atoms with E-state index in [1.165, 1.54) is 0 Å². The molecule has 2 amide bonds. The van der Waals surface area contributed by atoms with Gasteiger partial charge in [0.1, 0.15) is 0 Å². The van der Waals surface area contributed by atoms with Crippen molar-refractivity contribution in [1.29, 1.82) is 0 Å². The lowest BCUT2D eigenvalue weighted by Gasteiger charge is -2.19. The highest BCUT2D eigenvalue weighted by Gasteiger charge is 2.11. The molecule has 0 aliphatic carbocycles. The lowest BCUT2D eigenvalue weighted by atomic mass is 10.2. The SMILES string of the molecule is CC(CNC(=O)NCCCN(C)c1ccccc1)C(=O)O. The van der Waals surface area contributed by atoms with E-state index in [9.17, 15) is 9.59 Å². The first kappa shape index (κ1) is 16.8. The number of rotatable bonds is 8. The van der Waals surface area contributed by atoms with Crippen LogP contribution in [-0.4, -0.2) is 43.8 Å². The van der Waals surface area contributed by atoms with Crippen LogP contribution in [0.3, 0.4) is 0 Å². The first-order valence-corrected chi connectivity index (χ1v) is 7.01. The van der Waals surface area contributed by atoms with Gasteiger partial charge >= 0.3 is 12.0 Å². The largest absolute Gasteiger partial charge is 0.481 e. The fourth-order valence-corrected chi connectivity index (χ4v) is 1.73. The molecule has 21 heavy (non-hydrogen) atoms. The number of para-hydroxylation sites is 1. The van der Waals surface area contributed by atoms with Crippen LogP contribution >= 0.6 is 0 Å². The van der Waals surface area contributed by atoms with Gasteiger partial charge in [0.2, 0.25) is 0 Å². The topological polar surface area (TPSA) is 81.7 Å². The zero-order valence-corrected chi connectivity index (χ0v) is 12.5. The fraction of sp³-hybridized carbons (Fsp3) is 0.467. The van der Waals surface area contributed by atoms with Gasteiger partial charge in [-0.15, -0.1) is 0 Å². The maximum absolute atomic E-state index is 11.5. The highest BCUT2D eigenvalue weighted by atomic mass is 16.4. The van der Waals surface area contributed by atoms with Gasteiger partial charge in [-0.05, 0) is 18.6 Å². The third-order valence-corrected chi connectivity index (χ3v) is 3.14. The van der Waals surface area contributed by atoms with Crippen LogP contribution in [0.25, 0.3) is 0 Å². The van der Waals surface area contributed by atoms with Gasteiger partial charge in [0, 0.05) is 32.4 Å². The number of carbonyl (C=O) groups is 2. The number of carboxylic acid groups (broad SMARTS) is 1. The summed E-state index contributed by atoms with van der Waals surface area (Å²) < 4.78 is 0. The Morgan fingerprint density at radius 2 is 1.90 bits per heavy atom. The molecule has 0 aliphatic rings. The van der Waals surface area contributed by atoms with Crippen LogP contribution in [0.2, 0.25) is 0 Å². The minimum atomic E-state index is -0.917. The Morgan fingerprint density at radius 3 is 2.52 bits per heavy atom. The maximum Gasteiger partial charge on any atom is 0.314 e. The second kappa shape index (κ2) is 8.84. The van der Waals surface area contributed by atoms with Crippen LogP contribution in [0.1, 0.15) is 13.3 Å². The van der Waals surface area contributed by atoms with Crippen molar-refractivity contribution in [2.24, 2.45) is 5.92 Å². The Hall–Kier alpha value is -2.24. The van der Waals surface area contributed by atoms with Crippen molar-refractivity contribution >= 4 is 17.7 Å². The third kappa shape index (κ3) is 6.65. The van der Waals surface area contributed by atoms with Crippen molar-refractivity contribution in [3.8, 4) is 0 Å². The van der Waals surface area contributed by atoms with Gasteiger partial charge in [0.05, 0.1) is 5.92 Å². The molecule has 6 heteroatoms. The zero-order chi connectivity index (χ0) is 15.7. The van der Waals surface area contributed by atoms with Gasteiger partial charge in [-0.25, -0.2) is 4.79 Å². The molecular formula is C15H23N3O3. The van der Waals surface area contributed by atoms with Gasteiger partial charge in [-0.3, -0.25) is 4.79 Å². The van der Waals surface area contributed by atoms with Crippen molar-refractivity contribution in [3.05, 3.63) is 30.3 Å². The number of carbonyl (C=O) groups excluding carboxylic acids is 1. The zero-order valence-electron chi connectivity index (χ0n) is 12.5. The van der Waals surface area contributed by atoms with Crippen LogP contribution in [0.15, 0.2) is 30.3 Å². The molecule has 0 aliphatic heterocycles. The van der Waals surface area contributed by atoms with Crippen molar-refractivity contribution in [2.75, 3.05) is 31.6 Å². The summed E-state index contributed by atoms with van der Waals surface area (Å²) in [7, 11) is 2.00. The van der Waals surface area contributed by atoms with Crippen molar-refractivity contribution < 1.29 is 14.7 Å². The Balaban J connectivity index is 2.13. The maximum atomic E-state index is 11.5. The van der Waals surface area contributed by atoms with Crippen LogP contribution in [-0.2, 0) is 4.79 Å². The lowest BCUT2D eigenvalue weighted by molar-refractivity contribution is -0.140. The molecule has 0 fully saturated rings.